The molecule has 19 heteroatoms. The average Bonchev–Trinajstić information content (AvgIpc) is 3.03. The molecule has 1 aromatic rings. The topological polar surface area (TPSA) is 200 Å². The van der Waals surface area contributed by atoms with Crippen LogP contribution in [-0.4, -0.2) is 42.3 Å². The summed E-state index contributed by atoms with van der Waals surface area (Å²) in [5.41, 5.74) is -1.11. The Labute approximate surface area is 171 Å². The molecule has 4 N–H and O–H groups in total. The fraction of sp³-hybridized carbons (Fsp3) is 0.636. The molecule has 1 aliphatic heterocycles. The van der Waals surface area contributed by atoms with Crippen molar-refractivity contribution < 1.29 is 51.1 Å². The minimum Gasteiger partial charge on any atom is -0.779 e. The highest BCUT2D eigenvalue weighted by Gasteiger charge is 2.65. The number of alkyl halides is 2. The first-order chi connectivity index (χ1) is 13.5. The number of aromatic amines is 1. The quantitative estimate of drug-likeness (QED) is 0.340. The van der Waals surface area contributed by atoms with Crippen molar-refractivity contribution in [3.8, 4) is 0 Å². The van der Waals surface area contributed by atoms with Crippen LogP contribution < -0.4 is 16.1 Å². The molecule has 2 rings (SSSR count). The van der Waals surface area contributed by atoms with Gasteiger partial charge in [0.15, 0.2) is 0 Å². The lowest BCUT2D eigenvalue weighted by atomic mass is 10.2. The number of halogens is 2. The Balaban J connectivity index is 2.02. The molecule has 172 valence electrons. The number of hydrogen-bond acceptors (Lipinski definition) is 9. The van der Waals surface area contributed by atoms with E-state index in [4.69, 9.17) is 19.4 Å². The minimum absolute atomic E-state index is 0.194. The second-order valence-corrected chi connectivity index (χ2v) is 12.9. The van der Waals surface area contributed by atoms with Crippen LogP contribution in [0.1, 0.15) is 24.6 Å². The Hall–Kier alpha value is -0.630. The number of nitrogens with zero attached hydrogens (tertiary/aromatic N) is 1. The van der Waals surface area contributed by atoms with Crippen molar-refractivity contribution in [2.24, 2.45) is 0 Å². The number of H-pyrrole nitrogens is 1. The molecule has 1 aliphatic rings. The third-order valence-corrected chi connectivity index (χ3v) is 9.85. The maximum absolute atomic E-state index is 13.4. The third-order valence-electron chi connectivity index (χ3n) is 3.86. The van der Waals surface area contributed by atoms with E-state index in [1.54, 1.807) is 0 Å². The van der Waals surface area contributed by atoms with Crippen molar-refractivity contribution in [1.29, 1.82) is 0 Å². The van der Waals surface area contributed by atoms with Gasteiger partial charge in [0.1, 0.15) is 12.9 Å². The fourth-order valence-electron chi connectivity index (χ4n) is 2.36. The maximum Gasteiger partial charge on any atom is 0.444 e. The van der Waals surface area contributed by atoms with Crippen LogP contribution in [0.25, 0.3) is 0 Å². The molecular weight excluding hydrogens is 499 g/mol. The summed E-state index contributed by atoms with van der Waals surface area (Å²) in [7, 11) is -12.9. The lowest BCUT2D eigenvalue weighted by molar-refractivity contribution is -0.202. The van der Waals surface area contributed by atoms with Gasteiger partial charge in [0, 0.05) is 11.8 Å². The van der Waals surface area contributed by atoms with Crippen molar-refractivity contribution in [3.05, 3.63) is 32.6 Å². The summed E-state index contributed by atoms with van der Waals surface area (Å²) in [4.78, 5) is 63.4. The van der Waals surface area contributed by atoms with E-state index in [0.717, 1.165) is 4.57 Å². The molecule has 0 saturated carbocycles. The van der Waals surface area contributed by atoms with Gasteiger partial charge in [-0.05, 0) is 19.8 Å². The van der Waals surface area contributed by atoms with Gasteiger partial charge < -0.3 is 28.8 Å². The van der Waals surface area contributed by atoms with Gasteiger partial charge in [0.05, 0.1) is 12.7 Å². The molecule has 1 saturated heterocycles. The van der Waals surface area contributed by atoms with Gasteiger partial charge in [-0.2, -0.15) is 8.78 Å². The molecule has 13 nitrogen and oxygen atoms in total. The summed E-state index contributed by atoms with van der Waals surface area (Å²) in [6.07, 6.45) is -0.0662. The van der Waals surface area contributed by atoms with Gasteiger partial charge in [-0.3, -0.25) is 27.8 Å². The van der Waals surface area contributed by atoms with E-state index >= 15 is 0 Å². The van der Waals surface area contributed by atoms with Crippen LogP contribution in [0.15, 0.2) is 15.8 Å². The van der Waals surface area contributed by atoms with Crippen LogP contribution in [0.4, 0.5) is 8.78 Å². The first kappa shape index (κ1) is 25.6. The molecule has 2 unspecified atom stereocenters. The number of aryl methyl sites for hydroxylation is 1. The van der Waals surface area contributed by atoms with Crippen molar-refractivity contribution in [2.45, 2.75) is 37.5 Å². The highest BCUT2D eigenvalue weighted by molar-refractivity contribution is 8.08. The Morgan fingerprint density at radius 3 is 2.53 bits per heavy atom. The zero-order chi connectivity index (χ0) is 23.1. The molecule has 0 bridgehead atoms. The van der Waals surface area contributed by atoms with Crippen molar-refractivity contribution in [3.63, 3.8) is 0 Å². The molecule has 0 radical (unpaired) electrons. The van der Waals surface area contributed by atoms with Gasteiger partial charge in [-0.15, -0.1) is 0 Å². The predicted molar refractivity (Wildman–Crippen MR) is 97.3 cm³/mol. The molecular formula is C11H16F2N2O11P3S-. The fourth-order valence-corrected chi connectivity index (χ4v) is 7.02. The Morgan fingerprint density at radius 1 is 1.37 bits per heavy atom. The van der Waals surface area contributed by atoms with Gasteiger partial charge in [-0.25, -0.2) is 4.79 Å². The highest BCUT2D eigenvalue weighted by Crippen LogP contribution is 2.76. The average molecular weight is 515 g/mol. The summed E-state index contributed by atoms with van der Waals surface area (Å²) in [6, 6.07) is 0. The summed E-state index contributed by atoms with van der Waals surface area (Å²) in [6.45, 7) is -4.31. The van der Waals surface area contributed by atoms with E-state index in [0.29, 0.717) is 0 Å². The maximum atomic E-state index is 13.4. The molecule has 30 heavy (non-hydrogen) atoms. The van der Waals surface area contributed by atoms with Gasteiger partial charge in [0.2, 0.25) is 0 Å². The Kier molecular flexibility index (Phi) is 7.45. The third kappa shape index (κ3) is 5.59. The van der Waals surface area contributed by atoms with Crippen molar-refractivity contribution >= 4 is 33.7 Å². The van der Waals surface area contributed by atoms with Gasteiger partial charge in [-0.1, -0.05) is 11.8 Å². The SMILES string of the molecule is Cc1cn([C@H]2CC[C@@H](COP([O-])(=S)OP(=O)(O)C(F)(F)P(=O)(O)O)O2)c(=O)[nH]c1=O. The largest absolute Gasteiger partial charge is 0.779 e. The lowest BCUT2D eigenvalue weighted by Crippen LogP contribution is -2.33. The molecule has 0 aliphatic carbocycles. The minimum atomic E-state index is -6.49. The lowest BCUT2D eigenvalue weighted by Gasteiger charge is -2.32. The Morgan fingerprint density at radius 2 is 1.97 bits per heavy atom. The molecule has 1 fully saturated rings. The molecule has 0 aromatic carbocycles. The van der Waals surface area contributed by atoms with E-state index in [2.05, 4.69) is 25.6 Å². The van der Waals surface area contributed by atoms with E-state index in [9.17, 15) is 32.4 Å². The second-order valence-electron chi connectivity index (χ2n) is 6.17. The van der Waals surface area contributed by atoms with Crippen LogP contribution >= 0.6 is 21.9 Å². The van der Waals surface area contributed by atoms with Crippen LogP contribution in [0.2, 0.25) is 0 Å². The van der Waals surface area contributed by atoms with Crippen LogP contribution in [0.5, 0.6) is 0 Å². The van der Waals surface area contributed by atoms with E-state index < -0.39 is 57.5 Å². The van der Waals surface area contributed by atoms with Gasteiger partial charge >= 0.3 is 26.3 Å². The number of ether oxygens (including phenoxy) is 1. The van der Waals surface area contributed by atoms with Gasteiger partial charge in [0.25, 0.3) is 5.56 Å². The zero-order valence-electron chi connectivity index (χ0n) is 14.9. The van der Waals surface area contributed by atoms with Crippen molar-refractivity contribution in [2.75, 3.05) is 6.61 Å². The van der Waals surface area contributed by atoms with E-state index in [1.807, 2.05) is 0 Å². The van der Waals surface area contributed by atoms with Crippen molar-refractivity contribution in [1.82, 2.24) is 9.55 Å². The molecule has 0 amide bonds. The van der Waals surface area contributed by atoms with E-state index in [-0.39, 0.29) is 18.4 Å². The summed E-state index contributed by atoms with van der Waals surface area (Å²) >= 11 is 4.24. The van der Waals surface area contributed by atoms with Crippen LogP contribution in [0, 0.1) is 6.92 Å². The summed E-state index contributed by atoms with van der Waals surface area (Å²) in [5.74, 6) is 0. The zero-order valence-corrected chi connectivity index (χ0v) is 18.4. The van der Waals surface area contributed by atoms with Crippen LogP contribution in [0.3, 0.4) is 0 Å². The highest BCUT2D eigenvalue weighted by atomic mass is 32.5. The standard InChI is InChI=1S/C11H17F2N2O11P3S/c1-6-4-15(10(17)14-9(6)16)8-3-2-7(25-8)5-24-29(23,30)26-28(21,22)11(12,13)27(18,19)20/h4,7-8H,2-3,5H2,1H3,(H,21,22)(H,23,30)(H,14,16,17)(H2,18,19,20)/p-1/t7-,8+,29?/m0/s1. The molecule has 1 aromatic heterocycles. The van der Waals surface area contributed by atoms with E-state index in [1.165, 1.54) is 13.1 Å². The monoisotopic (exact) mass is 515 g/mol. The first-order valence-electron chi connectivity index (χ1n) is 7.87. The number of rotatable bonds is 8. The number of hydrogen-bond donors (Lipinski definition) is 4. The number of aromatic nitrogens is 2. The molecule has 2 heterocycles. The summed E-state index contributed by atoms with van der Waals surface area (Å²) < 4.78 is 63.8. The normalized spacial score (nSPS) is 24.4. The predicted octanol–water partition coefficient (Wildman–Crippen LogP) is 0.0540. The first-order valence-corrected chi connectivity index (χ1v) is 13.6. The number of nitrogens with one attached hydrogen (secondary N) is 1. The smallest absolute Gasteiger partial charge is 0.444 e. The molecule has 4 atom stereocenters. The Bertz CT molecular complexity index is 1070. The second kappa shape index (κ2) is 8.72. The van der Waals surface area contributed by atoms with Crippen LogP contribution in [-0.2, 0) is 34.5 Å². The molecule has 0 spiro atoms. The summed E-state index contributed by atoms with van der Waals surface area (Å²) in [5, 5.41) is -5.56.